The SMILES string of the molecule is C=CC1=C(/C=C\C)N(C(=O)Nc2cccc(Cc3ccnc(C(=O)NC)c3)c2)CC1.CC. The fourth-order valence-electron chi connectivity index (χ4n) is 3.45. The highest BCUT2D eigenvalue weighted by atomic mass is 16.2. The van der Waals surface area contributed by atoms with Crippen LogP contribution in [-0.4, -0.2) is 35.4 Å². The van der Waals surface area contributed by atoms with Crippen LogP contribution in [0.4, 0.5) is 10.5 Å². The number of nitrogens with one attached hydrogen (secondary N) is 2. The lowest BCUT2D eigenvalue weighted by molar-refractivity contribution is 0.0958. The van der Waals surface area contributed by atoms with Gasteiger partial charge >= 0.3 is 6.03 Å². The predicted octanol–water partition coefficient (Wildman–Crippen LogP) is 5.31. The Kier molecular flexibility index (Phi) is 9.42. The zero-order valence-corrected chi connectivity index (χ0v) is 19.3. The summed E-state index contributed by atoms with van der Waals surface area (Å²) in [7, 11) is 1.58. The Hall–Kier alpha value is -3.67. The summed E-state index contributed by atoms with van der Waals surface area (Å²) in [6, 6.07) is 11.2. The molecule has 1 aromatic carbocycles. The van der Waals surface area contributed by atoms with E-state index in [-0.39, 0.29) is 11.9 Å². The van der Waals surface area contributed by atoms with Crippen molar-refractivity contribution in [1.82, 2.24) is 15.2 Å². The summed E-state index contributed by atoms with van der Waals surface area (Å²) in [6.07, 6.45) is 8.73. The molecular weight excluding hydrogens is 400 g/mol. The number of urea groups is 1. The minimum atomic E-state index is -0.215. The van der Waals surface area contributed by atoms with E-state index in [0.717, 1.165) is 34.5 Å². The second-order valence-corrected chi connectivity index (χ2v) is 6.95. The number of anilines is 1. The van der Waals surface area contributed by atoms with Gasteiger partial charge in [0, 0.05) is 31.2 Å². The number of allylic oxidation sites excluding steroid dienone is 3. The van der Waals surface area contributed by atoms with Gasteiger partial charge in [0.05, 0.1) is 0 Å². The molecule has 2 N–H and O–H groups in total. The maximum Gasteiger partial charge on any atom is 0.326 e. The Morgan fingerprint density at radius 1 is 1.19 bits per heavy atom. The monoisotopic (exact) mass is 432 g/mol. The topological polar surface area (TPSA) is 74.3 Å². The molecule has 1 aliphatic rings. The Balaban J connectivity index is 0.00000176. The molecule has 2 heterocycles. The molecule has 1 aliphatic heterocycles. The van der Waals surface area contributed by atoms with E-state index in [1.165, 1.54) is 0 Å². The van der Waals surface area contributed by atoms with Crippen molar-refractivity contribution in [3.05, 3.63) is 95.5 Å². The minimum absolute atomic E-state index is 0.164. The lowest BCUT2D eigenvalue weighted by Gasteiger charge is -2.19. The Bertz CT molecular complexity index is 1020. The van der Waals surface area contributed by atoms with Crippen LogP contribution in [0.25, 0.3) is 0 Å². The van der Waals surface area contributed by atoms with E-state index >= 15 is 0 Å². The van der Waals surface area contributed by atoms with Crippen LogP contribution in [0.1, 0.15) is 48.8 Å². The van der Waals surface area contributed by atoms with Crippen LogP contribution < -0.4 is 10.6 Å². The van der Waals surface area contributed by atoms with Crippen molar-refractivity contribution in [2.75, 3.05) is 18.9 Å². The maximum atomic E-state index is 12.8. The third-order valence-corrected chi connectivity index (χ3v) is 4.91. The molecule has 168 valence electrons. The Morgan fingerprint density at radius 3 is 2.62 bits per heavy atom. The molecule has 0 bridgehead atoms. The molecule has 2 aromatic rings. The number of nitrogens with zero attached hydrogens (tertiary/aromatic N) is 2. The number of aromatic nitrogens is 1. The molecule has 3 rings (SSSR count). The molecule has 0 atom stereocenters. The Morgan fingerprint density at radius 2 is 1.94 bits per heavy atom. The van der Waals surface area contributed by atoms with Crippen molar-refractivity contribution < 1.29 is 9.59 Å². The molecule has 6 nitrogen and oxygen atoms in total. The second-order valence-electron chi connectivity index (χ2n) is 6.95. The van der Waals surface area contributed by atoms with Gasteiger partial charge in [-0.25, -0.2) is 4.79 Å². The lowest BCUT2D eigenvalue weighted by Crippen LogP contribution is -2.31. The molecule has 0 spiro atoms. The van der Waals surface area contributed by atoms with Gasteiger partial charge in [0.2, 0.25) is 0 Å². The standard InChI is InChI=1S/C24H26N4O2.C2H6/c1-4-7-22-19(5-2)11-13-28(22)24(30)27-20-9-6-8-17(15-20)14-18-10-12-26-21(16-18)23(29)25-3;1-2/h4-10,12,15-16H,2,11,13-14H2,1,3H3,(H,25,29)(H,27,30);1-2H3/b7-4-;. The molecule has 0 unspecified atom stereocenters. The number of pyridine rings is 1. The van der Waals surface area contributed by atoms with Crippen LogP contribution in [0.15, 0.2) is 78.7 Å². The highest BCUT2D eigenvalue weighted by Crippen LogP contribution is 2.26. The smallest absolute Gasteiger partial charge is 0.326 e. The predicted molar refractivity (Wildman–Crippen MR) is 131 cm³/mol. The first kappa shape index (κ1) is 24.6. The van der Waals surface area contributed by atoms with Crippen LogP contribution >= 0.6 is 0 Å². The molecule has 32 heavy (non-hydrogen) atoms. The molecule has 0 aliphatic carbocycles. The Labute approximate surface area is 190 Å². The summed E-state index contributed by atoms with van der Waals surface area (Å²) < 4.78 is 0. The first-order valence-electron chi connectivity index (χ1n) is 10.9. The van der Waals surface area contributed by atoms with Crippen molar-refractivity contribution in [3.8, 4) is 0 Å². The molecule has 1 aromatic heterocycles. The zero-order chi connectivity index (χ0) is 23.5. The van der Waals surface area contributed by atoms with Crippen molar-refractivity contribution in [2.24, 2.45) is 0 Å². The van der Waals surface area contributed by atoms with Gasteiger partial charge in [0.1, 0.15) is 5.69 Å². The van der Waals surface area contributed by atoms with Gasteiger partial charge in [-0.2, -0.15) is 0 Å². The molecule has 6 heteroatoms. The van der Waals surface area contributed by atoms with Gasteiger partial charge in [0.15, 0.2) is 0 Å². The van der Waals surface area contributed by atoms with Crippen LogP contribution in [0, 0.1) is 0 Å². The molecule has 0 saturated carbocycles. The van der Waals surface area contributed by atoms with E-state index in [4.69, 9.17) is 0 Å². The number of carbonyl (C=O) groups excluding carboxylic acids is 2. The summed E-state index contributed by atoms with van der Waals surface area (Å²) in [5.41, 5.74) is 5.07. The largest absolute Gasteiger partial charge is 0.354 e. The summed E-state index contributed by atoms with van der Waals surface area (Å²) >= 11 is 0. The summed E-state index contributed by atoms with van der Waals surface area (Å²) in [5, 5.41) is 5.57. The average Bonchev–Trinajstić information content (AvgIpc) is 3.23. The normalized spacial score (nSPS) is 12.9. The number of hydrogen-bond donors (Lipinski definition) is 2. The first-order valence-corrected chi connectivity index (χ1v) is 10.9. The minimum Gasteiger partial charge on any atom is -0.354 e. The number of rotatable bonds is 6. The van der Waals surface area contributed by atoms with E-state index in [9.17, 15) is 9.59 Å². The number of amides is 3. The summed E-state index contributed by atoms with van der Waals surface area (Å²) in [5.74, 6) is -0.215. The quantitative estimate of drug-likeness (QED) is 0.649. The van der Waals surface area contributed by atoms with E-state index in [1.54, 1.807) is 24.2 Å². The van der Waals surface area contributed by atoms with Crippen molar-refractivity contribution in [2.45, 2.75) is 33.6 Å². The van der Waals surface area contributed by atoms with E-state index < -0.39 is 0 Å². The van der Waals surface area contributed by atoms with Crippen LogP contribution in [0.5, 0.6) is 0 Å². The van der Waals surface area contributed by atoms with Gasteiger partial charge in [-0.1, -0.05) is 44.7 Å². The highest BCUT2D eigenvalue weighted by molar-refractivity contribution is 5.92. The third-order valence-electron chi connectivity index (χ3n) is 4.91. The maximum absolute atomic E-state index is 12.8. The fourth-order valence-corrected chi connectivity index (χ4v) is 3.45. The lowest BCUT2D eigenvalue weighted by atomic mass is 10.0. The zero-order valence-electron chi connectivity index (χ0n) is 19.3. The molecule has 0 saturated heterocycles. The number of carbonyl (C=O) groups is 2. The fraction of sp³-hybridized carbons (Fsp3) is 0.269. The highest BCUT2D eigenvalue weighted by Gasteiger charge is 2.24. The van der Waals surface area contributed by atoms with Crippen LogP contribution in [-0.2, 0) is 6.42 Å². The average molecular weight is 433 g/mol. The first-order chi connectivity index (χ1) is 15.5. The van der Waals surface area contributed by atoms with E-state index in [0.29, 0.717) is 18.7 Å². The molecule has 3 amide bonds. The molecule has 0 fully saturated rings. The molecule has 0 radical (unpaired) electrons. The van der Waals surface area contributed by atoms with Crippen molar-refractivity contribution in [3.63, 3.8) is 0 Å². The van der Waals surface area contributed by atoms with Crippen molar-refractivity contribution >= 4 is 17.6 Å². The third kappa shape index (κ3) is 6.17. The summed E-state index contributed by atoms with van der Waals surface area (Å²) in [6.45, 7) is 10.4. The van der Waals surface area contributed by atoms with Gasteiger partial charge in [-0.15, -0.1) is 0 Å². The summed E-state index contributed by atoms with van der Waals surface area (Å²) in [4.78, 5) is 30.5. The van der Waals surface area contributed by atoms with E-state index in [2.05, 4.69) is 22.2 Å². The van der Waals surface area contributed by atoms with E-state index in [1.807, 2.05) is 69.3 Å². The van der Waals surface area contributed by atoms with Crippen molar-refractivity contribution in [1.29, 1.82) is 0 Å². The van der Waals surface area contributed by atoms with Crippen LogP contribution in [0.3, 0.4) is 0 Å². The second kappa shape index (κ2) is 12.2. The van der Waals surface area contributed by atoms with Gasteiger partial charge in [-0.05, 0) is 66.8 Å². The van der Waals surface area contributed by atoms with Gasteiger partial charge < -0.3 is 10.6 Å². The van der Waals surface area contributed by atoms with Crippen LogP contribution in [0.2, 0.25) is 0 Å². The number of benzene rings is 1. The number of hydrogen-bond acceptors (Lipinski definition) is 3. The van der Waals surface area contributed by atoms with Gasteiger partial charge in [0.25, 0.3) is 5.91 Å². The van der Waals surface area contributed by atoms with Gasteiger partial charge in [-0.3, -0.25) is 14.7 Å². The molecular formula is C26H32N4O2.